The van der Waals surface area contributed by atoms with Gasteiger partial charge in [-0.05, 0) is 40.4 Å². The van der Waals surface area contributed by atoms with Crippen molar-refractivity contribution in [2.75, 3.05) is 0 Å². The number of para-hydroxylation sites is 4. The Morgan fingerprint density at radius 2 is 0.919 bits per heavy atom. The highest BCUT2D eigenvalue weighted by molar-refractivity contribution is 6.33. The number of nitrogens with zero attached hydrogens (tertiary/aromatic N) is 4. The number of fused-ring (bicyclic) bond motifs is 14. The summed E-state index contributed by atoms with van der Waals surface area (Å²) in [6.07, 6.45) is 1.25. The number of aromatic nitrogens is 4. The molecule has 0 bridgehead atoms. The van der Waals surface area contributed by atoms with Gasteiger partial charge in [-0.25, -0.2) is 4.98 Å². The number of benzene rings is 9. The van der Waals surface area contributed by atoms with Crippen LogP contribution in [0.4, 0.5) is 0 Å². The lowest BCUT2D eigenvalue weighted by Crippen LogP contribution is -2.07. The lowest BCUT2D eigenvalue weighted by atomic mass is 9.95. The number of furan rings is 2. The number of hydrogen-bond acceptors (Lipinski definition) is 5. The Morgan fingerprint density at radius 3 is 1.66 bits per heavy atom. The molecule has 13 aromatic rings. The summed E-state index contributed by atoms with van der Waals surface area (Å²) in [5.74, 6) is 1.64. The van der Waals surface area contributed by atoms with E-state index in [1.807, 2.05) is 66.7 Å². The van der Waals surface area contributed by atoms with Gasteiger partial charge in [0.25, 0.3) is 0 Å². The molecule has 9 aromatic carbocycles. The third-order valence-electron chi connectivity index (χ3n) is 11.8. The summed E-state index contributed by atoms with van der Waals surface area (Å²) in [4.78, 5) is 16.0. The van der Waals surface area contributed by atoms with E-state index >= 15 is 0 Å². The molecule has 0 aliphatic carbocycles. The summed E-state index contributed by atoms with van der Waals surface area (Å²) in [5, 5.41) is 11.1. The maximum absolute atomic E-state index is 6.70. The average Bonchev–Trinajstić information content (AvgIpc) is 4.02. The maximum Gasteiger partial charge on any atom is 0.238 e. The van der Waals surface area contributed by atoms with E-state index in [1.165, 1.54) is 11.8 Å². The van der Waals surface area contributed by atoms with E-state index in [2.05, 4.69) is 134 Å². The molecule has 0 saturated heterocycles. The van der Waals surface area contributed by atoms with Gasteiger partial charge >= 0.3 is 0 Å². The molecule has 0 aliphatic rings. The Bertz CT molecular complexity index is 3880. The lowest BCUT2D eigenvalue weighted by molar-refractivity contribution is 0.669. The molecule has 6 heteroatoms. The zero-order valence-electron chi connectivity index (χ0n) is 34.1. The third kappa shape index (κ3) is 5.46. The van der Waals surface area contributed by atoms with Crippen molar-refractivity contribution >= 4 is 87.2 Å². The first kappa shape index (κ1) is 35.8. The first-order valence-corrected chi connectivity index (χ1v) is 21.2. The summed E-state index contributed by atoms with van der Waals surface area (Å²) < 4.78 is 15.3. The van der Waals surface area contributed by atoms with E-state index in [0.29, 0.717) is 17.6 Å². The minimum absolute atomic E-state index is 0.517. The van der Waals surface area contributed by atoms with Gasteiger partial charge in [0, 0.05) is 60.0 Å². The fourth-order valence-electron chi connectivity index (χ4n) is 9.28. The summed E-state index contributed by atoms with van der Waals surface area (Å²) in [6, 6.07) is 63.1. The minimum atomic E-state index is 0.517. The Kier molecular flexibility index (Phi) is 8.25. The largest absolute Gasteiger partial charge is 0.456 e. The second kappa shape index (κ2) is 14.3. The molecule has 4 aromatic heterocycles. The second-order valence-electron chi connectivity index (χ2n) is 15.8. The average molecular weight is 799 g/mol. The Hall–Kier alpha value is -8.09. The summed E-state index contributed by atoms with van der Waals surface area (Å²) in [5.41, 5.74) is 9.08. The SMILES string of the molecule is CCC.c1ccc(-c2nc(-c3ccc4c(c3)oc3ccccc34)nc(-n3c4c(-c5cccc6c5oc5ccccc56)cccc4c4c5ccccc5c5ccccc5c43)n2)cc1. The van der Waals surface area contributed by atoms with Crippen LogP contribution >= 0.6 is 0 Å². The van der Waals surface area contributed by atoms with Crippen molar-refractivity contribution in [3.05, 3.63) is 182 Å². The molecule has 4 heterocycles. The Balaban J connectivity index is 0.00000133. The molecule has 13 rings (SSSR count). The number of rotatable bonds is 4. The lowest BCUT2D eigenvalue weighted by Gasteiger charge is -2.14. The molecule has 0 N–H and O–H groups in total. The van der Waals surface area contributed by atoms with Crippen molar-refractivity contribution in [1.29, 1.82) is 0 Å². The molecule has 0 amide bonds. The van der Waals surface area contributed by atoms with Crippen LogP contribution in [0.25, 0.3) is 127 Å². The normalized spacial score (nSPS) is 11.8. The zero-order chi connectivity index (χ0) is 41.3. The van der Waals surface area contributed by atoms with E-state index in [4.69, 9.17) is 23.8 Å². The van der Waals surface area contributed by atoms with Crippen LogP contribution in [0.5, 0.6) is 0 Å². The van der Waals surface area contributed by atoms with Crippen LogP contribution < -0.4 is 0 Å². The van der Waals surface area contributed by atoms with E-state index in [9.17, 15) is 0 Å². The van der Waals surface area contributed by atoms with E-state index in [1.54, 1.807) is 0 Å². The minimum Gasteiger partial charge on any atom is -0.456 e. The highest BCUT2D eigenvalue weighted by Crippen LogP contribution is 2.46. The second-order valence-corrected chi connectivity index (χ2v) is 15.8. The highest BCUT2D eigenvalue weighted by Gasteiger charge is 2.25. The molecular formula is C56H38N4O2. The van der Waals surface area contributed by atoms with Crippen molar-refractivity contribution < 1.29 is 8.83 Å². The molecule has 0 spiro atoms. The molecule has 0 aliphatic heterocycles. The monoisotopic (exact) mass is 798 g/mol. The molecule has 0 radical (unpaired) electrons. The van der Waals surface area contributed by atoms with Gasteiger partial charge in [-0.3, -0.25) is 4.57 Å². The van der Waals surface area contributed by atoms with Crippen LogP contribution in [0, 0.1) is 0 Å². The van der Waals surface area contributed by atoms with Gasteiger partial charge in [-0.1, -0.05) is 178 Å². The van der Waals surface area contributed by atoms with Crippen molar-refractivity contribution in [3.63, 3.8) is 0 Å². The first-order valence-electron chi connectivity index (χ1n) is 21.2. The Labute approximate surface area is 356 Å². The third-order valence-corrected chi connectivity index (χ3v) is 11.8. The van der Waals surface area contributed by atoms with Gasteiger partial charge in [0.1, 0.15) is 22.3 Å². The van der Waals surface area contributed by atoms with Crippen molar-refractivity contribution in [3.8, 4) is 39.9 Å². The molecule has 6 nitrogen and oxygen atoms in total. The maximum atomic E-state index is 6.70. The predicted octanol–water partition coefficient (Wildman–Crippen LogP) is 15.5. The standard InChI is InChI=1S/C53H30N4O2.C3H8/c1-2-14-31(15-3-1)51-54-52(32-28-29-37-35-18-8-10-26-44(35)58-46(37)30-32)56-53(55-51)57-48-40(42-24-13-23-41-36-19-9-11-27-45(36)59-50(41)42)22-12-25-43(48)47-38-20-6-4-16-33(38)34-17-5-7-21-39(34)49(47)57;1-3-2/h1-30H;3H2,1-2H3. The molecule has 0 unspecified atom stereocenters. The quantitative estimate of drug-likeness (QED) is 0.166. The highest BCUT2D eigenvalue weighted by atomic mass is 16.3. The van der Waals surface area contributed by atoms with Gasteiger partial charge in [-0.15, -0.1) is 0 Å². The van der Waals surface area contributed by atoms with Gasteiger partial charge in [0.15, 0.2) is 11.6 Å². The molecule has 0 fully saturated rings. The summed E-state index contributed by atoms with van der Waals surface area (Å²) in [7, 11) is 0. The Morgan fingerprint density at radius 1 is 0.387 bits per heavy atom. The van der Waals surface area contributed by atoms with E-state index in [-0.39, 0.29) is 0 Å². The van der Waals surface area contributed by atoms with Crippen molar-refractivity contribution in [2.45, 2.75) is 20.3 Å². The molecule has 0 saturated carbocycles. The smallest absolute Gasteiger partial charge is 0.238 e. The predicted molar refractivity (Wildman–Crippen MR) is 256 cm³/mol. The van der Waals surface area contributed by atoms with Gasteiger partial charge in [0.05, 0.1) is 11.0 Å². The van der Waals surface area contributed by atoms with Crippen LogP contribution in [0.1, 0.15) is 20.3 Å². The van der Waals surface area contributed by atoms with Crippen LogP contribution in [-0.2, 0) is 0 Å². The van der Waals surface area contributed by atoms with Crippen LogP contribution in [0.3, 0.4) is 0 Å². The van der Waals surface area contributed by atoms with Crippen molar-refractivity contribution in [2.24, 2.45) is 0 Å². The first-order chi connectivity index (χ1) is 30.7. The summed E-state index contributed by atoms with van der Waals surface area (Å²) >= 11 is 0. The van der Waals surface area contributed by atoms with Crippen LogP contribution in [0.15, 0.2) is 191 Å². The van der Waals surface area contributed by atoms with Gasteiger partial charge < -0.3 is 8.83 Å². The van der Waals surface area contributed by atoms with Crippen molar-refractivity contribution in [1.82, 2.24) is 19.5 Å². The topological polar surface area (TPSA) is 69.9 Å². The van der Waals surface area contributed by atoms with Crippen LogP contribution in [-0.4, -0.2) is 19.5 Å². The van der Waals surface area contributed by atoms with Crippen LogP contribution in [0.2, 0.25) is 0 Å². The molecule has 294 valence electrons. The van der Waals surface area contributed by atoms with Gasteiger partial charge in [0.2, 0.25) is 5.95 Å². The van der Waals surface area contributed by atoms with E-state index < -0.39 is 0 Å². The van der Waals surface area contributed by atoms with Gasteiger partial charge in [-0.2, -0.15) is 9.97 Å². The molecule has 0 atom stereocenters. The fourth-order valence-corrected chi connectivity index (χ4v) is 9.28. The molecule has 62 heavy (non-hydrogen) atoms. The van der Waals surface area contributed by atoms with E-state index in [0.717, 1.165) is 104 Å². The molecular weight excluding hydrogens is 761 g/mol. The summed E-state index contributed by atoms with van der Waals surface area (Å²) in [6.45, 7) is 4.25. The fraction of sp³-hybridized carbons (Fsp3) is 0.0536. The zero-order valence-corrected chi connectivity index (χ0v) is 34.1. The number of hydrogen-bond donors (Lipinski definition) is 0.